The number of benzene rings is 2. The van der Waals surface area contributed by atoms with Gasteiger partial charge in [0.2, 0.25) is 11.8 Å². The number of hydrogen-bond acceptors (Lipinski definition) is 9. The van der Waals surface area contributed by atoms with Crippen LogP contribution in [0.5, 0.6) is 5.75 Å². The van der Waals surface area contributed by atoms with Gasteiger partial charge in [-0.3, -0.25) is 9.59 Å². The van der Waals surface area contributed by atoms with Crippen LogP contribution < -0.4 is 10.6 Å². The maximum absolute atomic E-state index is 14.0. The molecule has 12 nitrogen and oxygen atoms in total. The molecule has 12 heteroatoms. The predicted molar refractivity (Wildman–Crippen MR) is 158 cm³/mol. The Balaban J connectivity index is 2.53. The van der Waals surface area contributed by atoms with Crippen LogP contribution in [-0.4, -0.2) is 87.1 Å². The Morgan fingerprint density at radius 2 is 1.40 bits per heavy atom. The second kappa shape index (κ2) is 15.4. The van der Waals surface area contributed by atoms with E-state index in [1.807, 2.05) is 0 Å². The Bertz CT molecular complexity index is 1240. The lowest BCUT2D eigenvalue weighted by Crippen LogP contribution is -2.56. The van der Waals surface area contributed by atoms with Crippen molar-refractivity contribution in [2.24, 2.45) is 0 Å². The Hall–Kier alpha value is -4.16. The Morgan fingerprint density at radius 1 is 0.814 bits per heavy atom. The lowest BCUT2D eigenvalue weighted by Gasteiger charge is -2.34. The molecule has 0 spiro atoms. The van der Waals surface area contributed by atoms with Crippen molar-refractivity contribution in [1.82, 2.24) is 15.5 Å². The molecule has 3 atom stereocenters. The highest BCUT2D eigenvalue weighted by Gasteiger charge is 2.39. The number of para-hydroxylation sites is 1. The molecule has 2 rings (SSSR count). The number of aromatic hydroxyl groups is 1. The van der Waals surface area contributed by atoms with E-state index in [-0.39, 0.29) is 17.7 Å². The first kappa shape index (κ1) is 35.0. The van der Waals surface area contributed by atoms with Gasteiger partial charge in [-0.25, -0.2) is 9.59 Å². The van der Waals surface area contributed by atoms with Gasteiger partial charge >= 0.3 is 12.1 Å². The highest BCUT2D eigenvalue weighted by Crippen LogP contribution is 2.30. The number of hydrogen-bond donors (Lipinski definition) is 5. The second-order valence-electron chi connectivity index (χ2n) is 11.9. The van der Waals surface area contributed by atoms with Gasteiger partial charge in [0.1, 0.15) is 35.1 Å². The second-order valence-corrected chi connectivity index (χ2v) is 11.9. The zero-order valence-corrected chi connectivity index (χ0v) is 25.5. The highest BCUT2D eigenvalue weighted by molar-refractivity contribution is 5.94. The van der Waals surface area contributed by atoms with Crippen molar-refractivity contribution in [3.8, 4) is 5.75 Å². The molecular formula is C31H43N3O9. The minimum Gasteiger partial charge on any atom is -0.508 e. The van der Waals surface area contributed by atoms with Crippen molar-refractivity contribution >= 4 is 23.9 Å². The molecule has 0 bridgehead atoms. The first-order chi connectivity index (χ1) is 20.1. The van der Waals surface area contributed by atoms with Gasteiger partial charge in [-0.15, -0.1) is 0 Å². The lowest BCUT2D eigenvalue weighted by atomic mass is 10.00. The molecule has 0 fully saturated rings. The molecule has 2 aromatic carbocycles. The smallest absolute Gasteiger partial charge is 0.408 e. The summed E-state index contributed by atoms with van der Waals surface area (Å²) in [5.41, 5.74) is -1.05. The number of amides is 3. The molecule has 0 saturated heterocycles. The third-order valence-corrected chi connectivity index (χ3v) is 5.88. The Labute approximate surface area is 252 Å². The summed E-state index contributed by atoms with van der Waals surface area (Å²) in [5.74, 6) is -2.87. The van der Waals surface area contributed by atoms with Crippen LogP contribution in [0.2, 0.25) is 0 Å². The molecule has 0 aliphatic heterocycles. The zero-order chi connectivity index (χ0) is 32.4. The third-order valence-electron chi connectivity index (χ3n) is 5.88. The third kappa shape index (κ3) is 11.2. The maximum Gasteiger partial charge on any atom is 0.408 e. The monoisotopic (exact) mass is 601 g/mol. The van der Waals surface area contributed by atoms with Crippen molar-refractivity contribution in [1.29, 1.82) is 0 Å². The summed E-state index contributed by atoms with van der Waals surface area (Å²) in [4.78, 5) is 54.3. The fraction of sp³-hybridized carbons (Fsp3) is 0.484. The van der Waals surface area contributed by atoms with Gasteiger partial charge in [-0.2, -0.15) is 0 Å². The molecular weight excluding hydrogens is 558 g/mol. The average molecular weight is 602 g/mol. The highest BCUT2D eigenvalue weighted by atomic mass is 16.6. The first-order valence-corrected chi connectivity index (χ1v) is 13.9. The maximum atomic E-state index is 14.0. The minimum atomic E-state index is -1.59. The van der Waals surface area contributed by atoms with Crippen LogP contribution in [0.3, 0.4) is 0 Å². The van der Waals surface area contributed by atoms with Crippen molar-refractivity contribution < 1.29 is 44.0 Å². The largest absolute Gasteiger partial charge is 0.508 e. The number of phenolic OH excluding ortho intramolecular Hbond substituents is 1. The molecule has 3 amide bonds. The molecule has 0 aromatic heterocycles. The van der Waals surface area contributed by atoms with Gasteiger partial charge < -0.3 is 40.3 Å². The van der Waals surface area contributed by atoms with E-state index in [2.05, 4.69) is 10.6 Å². The summed E-state index contributed by atoms with van der Waals surface area (Å²) in [6.45, 7) is 8.03. The number of alkyl carbamates (subject to hydrolysis) is 1. The quantitative estimate of drug-likeness (QED) is 0.229. The summed E-state index contributed by atoms with van der Waals surface area (Å²) in [6.07, 6.45) is -0.928. The van der Waals surface area contributed by atoms with Gasteiger partial charge in [0.05, 0.1) is 13.2 Å². The molecule has 0 saturated carbocycles. The number of carbonyl (C=O) groups is 4. The minimum absolute atomic E-state index is 0.0154. The fourth-order valence-electron chi connectivity index (χ4n) is 4.15. The van der Waals surface area contributed by atoms with Gasteiger partial charge in [0, 0.05) is 18.5 Å². The van der Waals surface area contributed by atoms with Gasteiger partial charge in [-0.05, 0) is 53.2 Å². The van der Waals surface area contributed by atoms with Crippen LogP contribution in [0.4, 0.5) is 4.79 Å². The normalized spacial score (nSPS) is 13.7. The molecule has 0 heterocycles. The summed E-state index contributed by atoms with van der Waals surface area (Å²) >= 11 is 0. The van der Waals surface area contributed by atoms with Crippen molar-refractivity contribution in [3.63, 3.8) is 0 Å². The van der Waals surface area contributed by atoms with Gasteiger partial charge in [0.15, 0.2) is 0 Å². The molecule has 5 N–H and O–H groups in total. The summed E-state index contributed by atoms with van der Waals surface area (Å²) in [6, 6.07) is 10.4. The van der Waals surface area contributed by atoms with Crippen LogP contribution in [-0.2, 0) is 30.3 Å². The Kier molecular flexibility index (Phi) is 12.5. The average Bonchev–Trinajstić information content (AvgIpc) is 2.90. The first-order valence-electron chi connectivity index (χ1n) is 13.9. The number of nitrogens with zero attached hydrogens (tertiary/aromatic N) is 1. The van der Waals surface area contributed by atoms with E-state index in [0.29, 0.717) is 0 Å². The summed E-state index contributed by atoms with van der Waals surface area (Å²) < 4.78 is 10.8. The molecule has 236 valence electrons. The van der Waals surface area contributed by atoms with E-state index in [1.54, 1.807) is 71.9 Å². The van der Waals surface area contributed by atoms with E-state index in [0.717, 1.165) is 10.5 Å². The van der Waals surface area contributed by atoms with E-state index in [4.69, 9.17) is 9.47 Å². The van der Waals surface area contributed by atoms with Crippen LogP contribution >= 0.6 is 0 Å². The number of nitrogens with one attached hydrogen (secondary N) is 2. The standard InChI is InChI=1S/C31H43N3O9/c1-30(2,3)42-28(40)22(18-20-12-8-7-9-13-20)32-26(38)25(21-14-10-11-15-24(21)37)34(16-17-35)27(39)23(19-36)33-29(41)43-31(4,5)6/h7-15,22-23,25,35-37H,16-19H2,1-6H3,(H,32,38)(H,33,41). The molecule has 0 radical (unpaired) electrons. The number of aliphatic hydroxyl groups is 2. The van der Waals surface area contributed by atoms with E-state index in [9.17, 15) is 34.5 Å². The van der Waals surface area contributed by atoms with Crippen LogP contribution in [0.1, 0.15) is 58.7 Å². The van der Waals surface area contributed by atoms with E-state index in [1.165, 1.54) is 24.3 Å². The van der Waals surface area contributed by atoms with Crippen LogP contribution in [0, 0.1) is 0 Å². The SMILES string of the molecule is CC(C)(C)OC(=O)NC(CO)C(=O)N(CCO)C(C(=O)NC(Cc1ccccc1)C(=O)OC(C)(C)C)c1ccccc1O. The van der Waals surface area contributed by atoms with E-state index < -0.39 is 73.0 Å². The number of esters is 1. The summed E-state index contributed by atoms with van der Waals surface area (Å²) in [7, 11) is 0. The van der Waals surface area contributed by atoms with Crippen molar-refractivity contribution in [2.75, 3.05) is 19.8 Å². The number of carbonyl (C=O) groups excluding carboxylic acids is 4. The number of phenols is 1. The van der Waals surface area contributed by atoms with Gasteiger partial charge in [-0.1, -0.05) is 48.5 Å². The molecule has 43 heavy (non-hydrogen) atoms. The topological polar surface area (TPSA) is 175 Å². The lowest BCUT2D eigenvalue weighted by molar-refractivity contribution is -0.159. The van der Waals surface area contributed by atoms with Crippen molar-refractivity contribution in [3.05, 3.63) is 65.7 Å². The number of ether oxygens (including phenoxy) is 2. The molecule has 0 aliphatic rings. The predicted octanol–water partition coefficient (Wildman–Crippen LogP) is 2.21. The Morgan fingerprint density at radius 3 is 1.93 bits per heavy atom. The zero-order valence-electron chi connectivity index (χ0n) is 25.5. The summed E-state index contributed by atoms with van der Waals surface area (Å²) in [5, 5.41) is 35.5. The van der Waals surface area contributed by atoms with Crippen molar-refractivity contribution in [2.45, 2.75) is 77.3 Å². The van der Waals surface area contributed by atoms with Crippen LogP contribution in [0.25, 0.3) is 0 Å². The molecule has 3 unspecified atom stereocenters. The van der Waals surface area contributed by atoms with E-state index >= 15 is 0 Å². The number of aliphatic hydroxyl groups excluding tert-OH is 2. The number of rotatable bonds is 12. The van der Waals surface area contributed by atoms with Gasteiger partial charge in [0.25, 0.3) is 0 Å². The fourth-order valence-corrected chi connectivity index (χ4v) is 4.15. The molecule has 0 aliphatic carbocycles. The van der Waals surface area contributed by atoms with Crippen LogP contribution in [0.15, 0.2) is 54.6 Å². The molecule has 2 aromatic rings.